The smallest absolute Gasteiger partial charge is 0.322 e. The number of rotatable bonds is 7. The van der Waals surface area contributed by atoms with Crippen LogP contribution in [0.1, 0.15) is 20.3 Å². The first-order valence-corrected chi connectivity index (χ1v) is 8.39. The second-order valence-corrected chi connectivity index (χ2v) is 6.00. The zero-order chi connectivity index (χ0) is 15.1. The standard InChI is InChI=1S/C14H17BrN4OS/c1-3-9-20-13-17-12(16-4-2)18-14(19-13)21-11-8-6-5-7-10(11)15/h5-8H,3-4,9H2,1-2H3,(H,16,17,18,19). The molecule has 112 valence electrons. The van der Waals surface area contributed by atoms with Gasteiger partial charge in [-0.2, -0.15) is 15.0 Å². The van der Waals surface area contributed by atoms with Crippen molar-refractivity contribution in [3.05, 3.63) is 28.7 Å². The molecular weight excluding hydrogens is 352 g/mol. The van der Waals surface area contributed by atoms with Crippen LogP contribution >= 0.6 is 27.7 Å². The Kier molecular flexibility index (Phi) is 6.25. The predicted molar refractivity (Wildman–Crippen MR) is 88.0 cm³/mol. The SMILES string of the molecule is CCCOc1nc(NCC)nc(Sc2ccccc2Br)n1. The minimum Gasteiger partial charge on any atom is -0.463 e. The summed E-state index contributed by atoms with van der Waals surface area (Å²) in [4.78, 5) is 14.0. The third kappa shape index (κ3) is 4.86. The van der Waals surface area contributed by atoms with Gasteiger partial charge in [-0.05, 0) is 53.2 Å². The van der Waals surface area contributed by atoms with E-state index in [0.717, 1.165) is 22.3 Å². The first-order chi connectivity index (χ1) is 10.2. The fourth-order valence-electron chi connectivity index (χ4n) is 1.50. The lowest BCUT2D eigenvalue weighted by Crippen LogP contribution is -2.07. The van der Waals surface area contributed by atoms with Crippen LogP contribution in [0, 0.1) is 0 Å². The van der Waals surface area contributed by atoms with Crippen molar-refractivity contribution in [1.29, 1.82) is 0 Å². The highest BCUT2D eigenvalue weighted by atomic mass is 79.9. The minimum absolute atomic E-state index is 0.359. The zero-order valence-electron chi connectivity index (χ0n) is 12.0. The van der Waals surface area contributed by atoms with Crippen molar-refractivity contribution in [1.82, 2.24) is 15.0 Å². The second kappa shape index (κ2) is 8.19. The van der Waals surface area contributed by atoms with Crippen molar-refractivity contribution in [3.8, 4) is 6.01 Å². The van der Waals surface area contributed by atoms with E-state index in [4.69, 9.17) is 4.74 Å². The number of aromatic nitrogens is 3. The van der Waals surface area contributed by atoms with Gasteiger partial charge in [0.15, 0.2) is 0 Å². The number of ether oxygens (including phenoxy) is 1. The molecule has 0 bridgehead atoms. The van der Waals surface area contributed by atoms with E-state index in [1.807, 2.05) is 38.1 Å². The summed E-state index contributed by atoms with van der Waals surface area (Å²) in [7, 11) is 0. The maximum atomic E-state index is 5.52. The molecule has 21 heavy (non-hydrogen) atoms. The van der Waals surface area contributed by atoms with Crippen molar-refractivity contribution in [2.24, 2.45) is 0 Å². The highest BCUT2D eigenvalue weighted by molar-refractivity contribution is 9.10. The molecule has 0 amide bonds. The molecule has 0 aliphatic carbocycles. The fraction of sp³-hybridized carbons (Fsp3) is 0.357. The molecule has 0 saturated carbocycles. The van der Waals surface area contributed by atoms with Gasteiger partial charge in [-0.3, -0.25) is 0 Å². The van der Waals surface area contributed by atoms with Gasteiger partial charge in [0.2, 0.25) is 11.1 Å². The summed E-state index contributed by atoms with van der Waals surface area (Å²) < 4.78 is 6.53. The monoisotopic (exact) mass is 368 g/mol. The van der Waals surface area contributed by atoms with Crippen molar-refractivity contribution >= 4 is 33.6 Å². The average molecular weight is 369 g/mol. The molecule has 1 N–H and O–H groups in total. The van der Waals surface area contributed by atoms with Gasteiger partial charge in [-0.1, -0.05) is 19.1 Å². The average Bonchev–Trinajstić information content (AvgIpc) is 2.48. The Morgan fingerprint density at radius 2 is 2.00 bits per heavy atom. The molecule has 0 fully saturated rings. The topological polar surface area (TPSA) is 59.9 Å². The Hall–Kier alpha value is -1.34. The van der Waals surface area contributed by atoms with Crippen LogP contribution in [0.2, 0.25) is 0 Å². The van der Waals surface area contributed by atoms with Crippen LogP contribution in [0.3, 0.4) is 0 Å². The van der Waals surface area contributed by atoms with E-state index in [1.54, 1.807) is 0 Å². The molecule has 1 aromatic heterocycles. The predicted octanol–water partition coefficient (Wildman–Crippen LogP) is 4.01. The molecule has 1 heterocycles. The molecule has 0 aliphatic rings. The number of hydrogen-bond donors (Lipinski definition) is 1. The third-order valence-electron chi connectivity index (χ3n) is 2.40. The van der Waals surface area contributed by atoms with Crippen molar-refractivity contribution < 1.29 is 4.74 Å². The molecule has 1 aromatic carbocycles. The summed E-state index contributed by atoms with van der Waals surface area (Å²) in [5.41, 5.74) is 0. The van der Waals surface area contributed by atoms with Crippen molar-refractivity contribution in [2.45, 2.75) is 30.3 Å². The van der Waals surface area contributed by atoms with E-state index in [9.17, 15) is 0 Å². The normalized spacial score (nSPS) is 10.4. The van der Waals surface area contributed by atoms with Gasteiger partial charge in [0.25, 0.3) is 0 Å². The summed E-state index contributed by atoms with van der Waals surface area (Å²) in [6, 6.07) is 8.31. The highest BCUT2D eigenvalue weighted by Crippen LogP contribution is 2.32. The van der Waals surface area contributed by atoms with Gasteiger partial charge in [0, 0.05) is 15.9 Å². The quantitative estimate of drug-likeness (QED) is 0.796. The molecular formula is C14H17BrN4OS. The Morgan fingerprint density at radius 3 is 2.71 bits per heavy atom. The summed E-state index contributed by atoms with van der Waals surface area (Å²) in [6.45, 7) is 5.38. The molecule has 0 aliphatic heterocycles. The van der Waals surface area contributed by atoms with Gasteiger partial charge >= 0.3 is 6.01 Å². The molecule has 0 unspecified atom stereocenters. The molecule has 0 saturated heterocycles. The first-order valence-electron chi connectivity index (χ1n) is 6.78. The summed E-state index contributed by atoms with van der Waals surface area (Å²) in [5, 5.41) is 3.71. The fourth-order valence-corrected chi connectivity index (χ4v) is 2.80. The zero-order valence-corrected chi connectivity index (χ0v) is 14.4. The lowest BCUT2D eigenvalue weighted by molar-refractivity contribution is 0.288. The first kappa shape index (κ1) is 16.0. The van der Waals surface area contributed by atoms with Gasteiger partial charge in [-0.15, -0.1) is 0 Å². The second-order valence-electron chi connectivity index (χ2n) is 4.14. The number of halogens is 1. The Bertz CT molecular complexity index is 597. The van der Waals surface area contributed by atoms with Gasteiger partial charge in [-0.25, -0.2) is 0 Å². The molecule has 7 heteroatoms. The largest absolute Gasteiger partial charge is 0.463 e. The van der Waals surface area contributed by atoms with Gasteiger partial charge < -0.3 is 10.1 Å². The Morgan fingerprint density at radius 1 is 1.19 bits per heavy atom. The van der Waals surface area contributed by atoms with E-state index in [2.05, 4.69) is 36.2 Å². The number of hydrogen-bond acceptors (Lipinski definition) is 6. The Balaban J connectivity index is 2.24. The maximum absolute atomic E-state index is 5.52. The van der Waals surface area contributed by atoms with Crippen LogP contribution in [0.4, 0.5) is 5.95 Å². The molecule has 0 radical (unpaired) electrons. The van der Waals surface area contributed by atoms with Crippen LogP contribution in [0.25, 0.3) is 0 Å². The third-order valence-corrected chi connectivity index (χ3v) is 4.30. The van der Waals surface area contributed by atoms with E-state index in [-0.39, 0.29) is 0 Å². The van der Waals surface area contributed by atoms with Crippen LogP contribution < -0.4 is 10.1 Å². The van der Waals surface area contributed by atoms with E-state index < -0.39 is 0 Å². The lowest BCUT2D eigenvalue weighted by atomic mass is 10.4. The Labute approximate surface area is 137 Å². The number of anilines is 1. The van der Waals surface area contributed by atoms with Crippen molar-refractivity contribution in [3.63, 3.8) is 0 Å². The molecule has 0 spiro atoms. The molecule has 2 aromatic rings. The number of nitrogens with zero attached hydrogens (tertiary/aromatic N) is 3. The van der Waals surface area contributed by atoms with Gasteiger partial charge in [0.05, 0.1) is 6.61 Å². The summed E-state index contributed by atoms with van der Waals surface area (Å²) in [5.74, 6) is 0.535. The van der Waals surface area contributed by atoms with Crippen LogP contribution in [-0.2, 0) is 0 Å². The van der Waals surface area contributed by atoms with E-state index >= 15 is 0 Å². The van der Waals surface area contributed by atoms with Crippen molar-refractivity contribution in [2.75, 3.05) is 18.5 Å². The highest BCUT2D eigenvalue weighted by Gasteiger charge is 2.10. The summed E-state index contributed by atoms with van der Waals surface area (Å²) >= 11 is 5.00. The minimum atomic E-state index is 0.359. The molecule has 0 atom stereocenters. The summed E-state index contributed by atoms with van der Waals surface area (Å²) in [6.07, 6.45) is 0.912. The number of nitrogens with one attached hydrogen (secondary N) is 1. The molecule has 5 nitrogen and oxygen atoms in total. The van der Waals surface area contributed by atoms with Crippen LogP contribution in [-0.4, -0.2) is 28.1 Å². The lowest BCUT2D eigenvalue weighted by Gasteiger charge is -2.08. The van der Waals surface area contributed by atoms with E-state index in [1.165, 1.54) is 11.8 Å². The van der Waals surface area contributed by atoms with Gasteiger partial charge in [0.1, 0.15) is 0 Å². The van der Waals surface area contributed by atoms with Crippen LogP contribution in [0.5, 0.6) is 6.01 Å². The van der Waals surface area contributed by atoms with Crippen LogP contribution in [0.15, 0.2) is 38.8 Å². The number of benzene rings is 1. The maximum Gasteiger partial charge on any atom is 0.322 e. The molecule has 2 rings (SSSR count). The van der Waals surface area contributed by atoms with E-state index in [0.29, 0.717) is 23.7 Å².